The van der Waals surface area contributed by atoms with Crippen molar-refractivity contribution in [1.82, 2.24) is 24.7 Å². The average molecular weight is 421 g/mol. The van der Waals surface area contributed by atoms with Gasteiger partial charge in [0.2, 0.25) is 5.88 Å². The molecule has 0 radical (unpaired) electrons. The van der Waals surface area contributed by atoms with Crippen molar-refractivity contribution >= 4 is 34.0 Å². The fraction of sp³-hybridized carbons (Fsp3) is 0.238. The molecular formula is C21H20FN7O2. The second kappa shape index (κ2) is 7.80. The van der Waals surface area contributed by atoms with E-state index in [1.165, 1.54) is 23.8 Å². The number of carbonyl (C=O) groups excluding carboxylic acids is 1. The predicted octanol–water partition coefficient (Wildman–Crippen LogP) is 2.09. The van der Waals surface area contributed by atoms with Crippen molar-refractivity contribution in [3.05, 3.63) is 54.4 Å². The highest BCUT2D eigenvalue weighted by Crippen LogP contribution is 2.28. The molecule has 9 nitrogen and oxygen atoms in total. The smallest absolute Gasteiger partial charge is 0.257 e. The van der Waals surface area contributed by atoms with Crippen molar-refractivity contribution in [3.63, 3.8) is 0 Å². The topological polar surface area (TPSA) is 96.7 Å². The molecule has 1 saturated heterocycles. The van der Waals surface area contributed by atoms with E-state index in [9.17, 15) is 9.18 Å². The van der Waals surface area contributed by atoms with E-state index in [0.29, 0.717) is 22.3 Å². The quantitative estimate of drug-likeness (QED) is 0.521. The molecule has 4 aromatic rings. The Kier molecular flexibility index (Phi) is 4.83. The first-order valence-electron chi connectivity index (χ1n) is 9.87. The van der Waals surface area contributed by atoms with Gasteiger partial charge in [0.15, 0.2) is 11.5 Å². The fourth-order valence-electron chi connectivity index (χ4n) is 3.79. The Hall–Kier alpha value is -3.79. The third-order valence-corrected chi connectivity index (χ3v) is 5.26. The van der Waals surface area contributed by atoms with Crippen molar-refractivity contribution in [2.45, 2.75) is 0 Å². The van der Waals surface area contributed by atoms with E-state index >= 15 is 0 Å². The maximum Gasteiger partial charge on any atom is 0.257 e. The van der Waals surface area contributed by atoms with Crippen molar-refractivity contribution in [2.75, 3.05) is 43.5 Å². The van der Waals surface area contributed by atoms with Gasteiger partial charge >= 0.3 is 0 Å². The molecule has 10 heteroatoms. The van der Waals surface area contributed by atoms with E-state index in [1.807, 2.05) is 6.07 Å². The summed E-state index contributed by atoms with van der Waals surface area (Å²) in [6.45, 7) is 3.48. The Balaban J connectivity index is 1.49. The number of hydrogen-bond donors (Lipinski definition) is 2. The van der Waals surface area contributed by atoms with Crippen LogP contribution in [0.1, 0.15) is 10.4 Å². The van der Waals surface area contributed by atoms with Crippen LogP contribution in [0.5, 0.6) is 5.88 Å². The normalized spacial score (nSPS) is 14.2. The molecule has 1 aliphatic heterocycles. The number of fused-ring (bicyclic) bond motifs is 2. The zero-order chi connectivity index (χ0) is 21.4. The molecule has 31 heavy (non-hydrogen) atoms. The molecule has 0 unspecified atom stereocenters. The van der Waals surface area contributed by atoms with Crippen molar-refractivity contribution in [2.24, 2.45) is 0 Å². The Bertz CT molecular complexity index is 1280. The summed E-state index contributed by atoms with van der Waals surface area (Å²) in [6.07, 6.45) is 6.29. The summed E-state index contributed by atoms with van der Waals surface area (Å²) in [5.41, 5.74) is 2.88. The third kappa shape index (κ3) is 3.50. The lowest BCUT2D eigenvalue weighted by Gasteiger charge is -2.30. The molecule has 0 atom stereocenters. The number of hydrogen-bond acceptors (Lipinski definition) is 7. The number of imidazole rings is 1. The van der Waals surface area contributed by atoms with Gasteiger partial charge in [-0.1, -0.05) is 0 Å². The highest BCUT2D eigenvalue weighted by Gasteiger charge is 2.20. The van der Waals surface area contributed by atoms with Crippen molar-refractivity contribution < 1.29 is 13.9 Å². The number of piperazine rings is 1. The highest BCUT2D eigenvalue weighted by molar-refractivity contribution is 6.13. The van der Waals surface area contributed by atoms with Crippen LogP contribution in [0.3, 0.4) is 0 Å². The van der Waals surface area contributed by atoms with Crippen LogP contribution in [0.2, 0.25) is 0 Å². The van der Waals surface area contributed by atoms with E-state index in [0.717, 1.165) is 31.9 Å². The van der Waals surface area contributed by atoms with Gasteiger partial charge in [0.25, 0.3) is 5.91 Å². The van der Waals surface area contributed by atoms with E-state index in [2.05, 4.69) is 30.5 Å². The molecule has 0 aliphatic carbocycles. The van der Waals surface area contributed by atoms with Gasteiger partial charge in [-0.3, -0.25) is 19.2 Å². The molecule has 5 rings (SSSR count). The van der Waals surface area contributed by atoms with E-state index in [4.69, 9.17) is 4.74 Å². The molecular weight excluding hydrogens is 401 g/mol. The first-order chi connectivity index (χ1) is 15.1. The summed E-state index contributed by atoms with van der Waals surface area (Å²) in [4.78, 5) is 28.2. The monoisotopic (exact) mass is 421 g/mol. The number of halogens is 1. The first kappa shape index (κ1) is 19.2. The van der Waals surface area contributed by atoms with Crippen molar-refractivity contribution in [3.8, 4) is 5.88 Å². The number of nitrogens with zero attached hydrogens (tertiary/aromatic N) is 5. The number of benzene rings is 1. The number of ether oxygens (including phenoxy) is 1. The molecule has 1 aliphatic rings. The van der Waals surface area contributed by atoms with Gasteiger partial charge in [0, 0.05) is 50.8 Å². The van der Waals surface area contributed by atoms with Gasteiger partial charge in [0.05, 0.1) is 30.2 Å². The summed E-state index contributed by atoms with van der Waals surface area (Å²) in [5, 5.41) is 6.07. The molecule has 4 heterocycles. The molecule has 1 aromatic carbocycles. The summed E-state index contributed by atoms with van der Waals surface area (Å²) in [7, 11) is 1.46. The van der Waals surface area contributed by atoms with Gasteiger partial charge in [-0.15, -0.1) is 0 Å². The highest BCUT2D eigenvalue weighted by atomic mass is 19.1. The SMILES string of the molecule is COc1cn2cc(NC(=O)c3ccc(N4CCNCC4)c4nccnc34)cc(F)c2n1. The van der Waals surface area contributed by atoms with Crippen LogP contribution < -0.4 is 20.3 Å². The number of nitrogens with one attached hydrogen (secondary N) is 2. The standard InChI is InChI=1S/C21H20FN7O2/c1-31-17-12-29-11-13(10-15(22)20(29)27-17)26-21(30)14-2-3-16(28-8-6-23-7-9-28)19-18(14)24-4-5-25-19/h2-5,10-12,23H,6-9H2,1H3,(H,26,30). The maximum absolute atomic E-state index is 14.4. The van der Waals surface area contributed by atoms with Crippen LogP contribution in [-0.4, -0.2) is 58.5 Å². The molecule has 0 spiro atoms. The second-order valence-corrected chi connectivity index (χ2v) is 7.17. The number of aromatic nitrogens is 4. The molecule has 0 saturated carbocycles. The Morgan fingerprint density at radius 2 is 1.94 bits per heavy atom. The summed E-state index contributed by atoms with van der Waals surface area (Å²) < 4.78 is 21.0. The minimum absolute atomic E-state index is 0.117. The number of carbonyl (C=O) groups is 1. The average Bonchev–Trinajstić information content (AvgIpc) is 3.23. The zero-order valence-corrected chi connectivity index (χ0v) is 16.8. The minimum atomic E-state index is -0.570. The lowest BCUT2D eigenvalue weighted by molar-refractivity contribution is 0.102. The number of amides is 1. The second-order valence-electron chi connectivity index (χ2n) is 7.17. The van der Waals surface area contributed by atoms with Gasteiger partial charge in [-0.05, 0) is 12.1 Å². The van der Waals surface area contributed by atoms with E-state index in [1.54, 1.807) is 24.7 Å². The fourth-order valence-corrected chi connectivity index (χ4v) is 3.79. The number of rotatable bonds is 4. The summed E-state index contributed by atoms with van der Waals surface area (Å²) in [5.74, 6) is -0.685. The predicted molar refractivity (Wildman–Crippen MR) is 114 cm³/mol. The largest absolute Gasteiger partial charge is 0.480 e. The van der Waals surface area contributed by atoms with Crippen LogP contribution in [0.15, 0.2) is 43.0 Å². The third-order valence-electron chi connectivity index (χ3n) is 5.26. The lowest BCUT2D eigenvalue weighted by Crippen LogP contribution is -2.43. The van der Waals surface area contributed by atoms with Gasteiger partial charge in [-0.25, -0.2) is 4.39 Å². The Morgan fingerprint density at radius 3 is 2.71 bits per heavy atom. The molecule has 3 aromatic heterocycles. The molecule has 1 amide bonds. The molecule has 1 fully saturated rings. The van der Waals surface area contributed by atoms with Crippen LogP contribution in [0.25, 0.3) is 16.7 Å². The van der Waals surface area contributed by atoms with Gasteiger partial charge < -0.3 is 20.3 Å². The number of pyridine rings is 1. The van der Waals surface area contributed by atoms with E-state index < -0.39 is 11.7 Å². The first-order valence-corrected chi connectivity index (χ1v) is 9.87. The van der Waals surface area contributed by atoms with Crippen LogP contribution in [-0.2, 0) is 0 Å². The number of methoxy groups -OCH3 is 1. The Labute approximate surface area is 176 Å². The maximum atomic E-state index is 14.4. The van der Waals surface area contributed by atoms with Gasteiger partial charge in [-0.2, -0.15) is 4.98 Å². The molecule has 158 valence electrons. The van der Waals surface area contributed by atoms with Gasteiger partial charge in [0.1, 0.15) is 11.0 Å². The molecule has 0 bridgehead atoms. The van der Waals surface area contributed by atoms with Crippen LogP contribution in [0.4, 0.5) is 15.8 Å². The van der Waals surface area contributed by atoms with Crippen LogP contribution in [0, 0.1) is 5.82 Å². The molecule has 2 N–H and O–H groups in total. The summed E-state index contributed by atoms with van der Waals surface area (Å²) in [6, 6.07) is 4.85. The summed E-state index contributed by atoms with van der Waals surface area (Å²) >= 11 is 0. The number of anilines is 2. The minimum Gasteiger partial charge on any atom is -0.480 e. The van der Waals surface area contributed by atoms with Crippen LogP contribution >= 0.6 is 0 Å². The lowest BCUT2D eigenvalue weighted by atomic mass is 10.1. The Morgan fingerprint density at radius 1 is 1.16 bits per heavy atom. The van der Waals surface area contributed by atoms with E-state index in [-0.39, 0.29) is 11.5 Å². The van der Waals surface area contributed by atoms with Crippen molar-refractivity contribution in [1.29, 1.82) is 0 Å². The zero-order valence-electron chi connectivity index (χ0n) is 16.8.